The van der Waals surface area contributed by atoms with E-state index in [1.54, 1.807) is 0 Å². The van der Waals surface area contributed by atoms with Gasteiger partial charge in [0.1, 0.15) is 5.82 Å². The van der Waals surface area contributed by atoms with Crippen molar-refractivity contribution >= 4 is 23.5 Å². The third kappa shape index (κ3) is 4.93. The van der Waals surface area contributed by atoms with Crippen molar-refractivity contribution in [3.8, 4) is 0 Å². The topological polar surface area (TPSA) is 126 Å². The van der Waals surface area contributed by atoms with E-state index in [1.807, 2.05) is 25.1 Å². The van der Waals surface area contributed by atoms with Crippen molar-refractivity contribution < 1.29 is 4.79 Å². The average Bonchev–Trinajstić information content (AvgIpc) is 2.68. The molecule has 1 aromatic heterocycles. The molecule has 9 nitrogen and oxygen atoms in total. The summed E-state index contributed by atoms with van der Waals surface area (Å²) < 4.78 is 0. The van der Waals surface area contributed by atoms with Gasteiger partial charge in [-0.05, 0) is 25.0 Å². The highest BCUT2D eigenvalue weighted by molar-refractivity contribution is 5.79. The summed E-state index contributed by atoms with van der Waals surface area (Å²) in [5, 5.41) is 3.26. The summed E-state index contributed by atoms with van der Waals surface area (Å²) in [6, 6.07) is 7.80. The fraction of sp³-hybridized carbons (Fsp3) is 0.474. The van der Waals surface area contributed by atoms with E-state index in [9.17, 15) is 4.79 Å². The predicted octanol–water partition coefficient (Wildman–Crippen LogP) is 0.751. The van der Waals surface area contributed by atoms with Crippen LogP contribution in [0.25, 0.3) is 0 Å². The lowest BCUT2D eigenvalue weighted by Crippen LogP contribution is -2.52. The quantitative estimate of drug-likeness (QED) is 0.638. The first-order valence-corrected chi connectivity index (χ1v) is 9.57. The zero-order valence-corrected chi connectivity index (χ0v) is 16.4. The smallest absolute Gasteiger partial charge is 0.234 e. The number of primary amides is 1. The molecule has 1 aromatic carbocycles. The number of aryl methyl sites for hydroxylation is 1. The molecule has 9 heteroatoms. The van der Waals surface area contributed by atoms with Gasteiger partial charge in [-0.1, -0.05) is 25.1 Å². The molecule has 1 aliphatic rings. The van der Waals surface area contributed by atoms with Gasteiger partial charge in [0.25, 0.3) is 0 Å². The molecule has 5 N–H and O–H groups in total. The number of nitrogens with two attached hydrogens (primary N) is 2. The number of nitrogen functional groups attached to an aromatic ring is 1. The van der Waals surface area contributed by atoms with E-state index in [0.29, 0.717) is 18.3 Å². The van der Waals surface area contributed by atoms with Gasteiger partial charge in [0.15, 0.2) is 0 Å². The van der Waals surface area contributed by atoms with Crippen molar-refractivity contribution in [3.05, 3.63) is 35.7 Å². The van der Waals surface area contributed by atoms with E-state index in [1.165, 1.54) is 5.56 Å². The molecule has 0 spiro atoms. The van der Waals surface area contributed by atoms with Crippen molar-refractivity contribution in [3.63, 3.8) is 0 Å². The summed E-state index contributed by atoms with van der Waals surface area (Å²) in [6.45, 7) is 7.70. The van der Waals surface area contributed by atoms with Gasteiger partial charge in [-0.15, -0.1) is 0 Å². The lowest BCUT2D eigenvalue weighted by Gasteiger charge is -2.36. The molecule has 0 aliphatic carbocycles. The summed E-state index contributed by atoms with van der Waals surface area (Å²) in [6.07, 6.45) is 0.907. The van der Waals surface area contributed by atoms with Crippen molar-refractivity contribution in [2.45, 2.75) is 32.9 Å². The van der Waals surface area contributed by atoms with Crippen LogP contribution >= 0.6 is 0 Å². The molecule has 1 fully saturated rings. The molecule has 1 unspecified atom stereocenters. The van der Waals surface area contributed by atoms with Gasteiger partial charge in [0.05, 0.1) is 12.6 Å². The maximum absolute atomic E-state index is 11.4. The maximum atomic E-state index is 11.4. The number of anilines is 3. The fourth-order valence-electron chi connectivity index (χ4n) is 3.32. The monoisotopic (exact) mass is 384 g/mol. The molecule has 28 heavy (non-hydrogen) atoms. The molecule has 0 radical (unpaired) electrons. The number of carbonyl (C=O) groups is 1. The number of carbonyl (C=O) groups excluding carboxylic acids is 1. The van der Waals surface area contributed by atoms with Gasteiger partial charge in [-0.3, -0.25) is 14.6 Å². The van der Waals surface area contributed by atoms with Crippen molar-refractivity contribution in [2.24, 2.45) is 5.73 Å². The highest BCUT2D eigenvalue weighted by Gasteiger charge is 2.24. The van der Waals surface area contributed by atoms with Crippen molar-refractivity contribution in [1.82, 2.24) is 24.8 Å². The summed E-state index contributed by atoms with van der Waals surface area (Å²) in [4.78, 5) is 28.7. The lowest BCUT2D eigenvalue weighted by molar-refractivity contribution is -0.123. The number of amides is 1. The Balaban J connectivity index is 1.65. The number of benzene rings is 1. The SMILES string of the molecule is CCc1ccccc1Nc1nc(N)nc(CN2CCN(C(C)C(N)=O)CC2)n1. The Hall–Kier alpha value is -2.78. The molecule has 0 bridgehead atoms. The molecule has 2 aromatic rings. The average molecular weight is 384 g/mol. The number of hydrogen-bond acceptors (Lipinski definition) is 8. The number of nitrogens with one attached hydrogen (secondary N) is 1. The summed E-state index contributed by atoms with van der Waals surface area (Å²) >= 11 is 0. The number of piperazine rings is 1. The van der Waals surface area contributed by atoms with E-state index >= 15 is 0 Å². The molecule has 1 saturated heterocycles. The van der Waals surface area contributed by atoms with E-state index in [4.69, 9.17) is 11.5 Å². The van der Waals surface area contributed by atoms with Gasteiger partial charge < -0.3 is 16.8 Å². The van der Waals surface area contributed by atoms with Crippen molar-refractivity contribution in [1.29, 1.82) is 0 Å². The zero-order valence-electron chi connectivity index (χ0n) is 16.4. The van der Waals surface area contributed by atoms with Crippen LogP contribution in [0.4, 0.5) is 17.6 Å². The van der Waals surface area contributed by atoms with E-state index in [0.717, 1.165) is 38.3 Å². The highest BCUT2D eigenvalue weighted by Crippen LogP contribution is 2.19. The number of rotatable bonds is 7. The minimum absolute atomic E-state index is 0.197. The largest absolute Gasteiger partial charge is 0.368 e. The second-order valence-corrected chi connectivity index (χ2v) is 6.96. The second-order valence-electron chi connectivity index (χ2n) is 6.96. The minimum Gasteiger partial charge on any atom is -0.368 e. The molecular weight excluding hydrogens is 356 g/mol. The van der Waals surface area contributed by atoms with Crippen LogP contribution in [0.1, 0.15) is 25.2 Å². The van der Waals surface area contributed by atoms with E-state index < -0.39 is 0 Å². The Morgan fingerprint density at radius 2 is 1.89 bits per heavy atom. The number of nitrogens with zero attached hydrogens (tertiary/aromatic N) is 5. The van der Waals surface area contributed by atoms with E-state index in [-0.39, 0.29) is 17.9 Å². The third-order valence-corrected chi connectivity index (χ3v) is 5.08. The Kier molecular flexibility index (Phi) is 6.37. The first-order chi connectivity index (χ1) is 13.5. The Labute approximate surface area is 165 Å². The van der Waals surface area contributed by atoms with Crippen LogP contribution in [-0.2, 0) is 17.8 Å². The number of aromatic nitrogens is 3. The minimum atomic E-state index is -0.290. The van der Waals surface area contributed by atoms with Gasteiger partial charge >= 0.3 is 0 Å². The third-order valence-electron chi connectivity index (χ3n) is 5.08. The van der Waals surface area contributed by atoms with Crippen LogP contribution < -0.4 is 16.8 Å². The summed E-state index contributed by atoms with van der Waals surface area (Å²) in [5.74, 6) is 0.981. The van der Waals surface area contributed by atoms with Crippen LogP contribution in [0.5, 0.6) is 0 Å². The molecule has 0 saturated carbocycles. The molecule has 1 amide bonds. The van der Waals surface area contributed by atoms with Crippen LogP contribution in [0, 0.1) is 0 Å². The highest BCUT2D eigenvalue weighted by atomic mass is 16.1. The van der Waals surface area contributed by atoms with Crippen LogP contribution in [0.2, 0.25) is 0 Å². The summed E-state index contributed by atoms with van der Waals surface area (Å²) in [5.41, 5.74) is 13.5. The molecule has 3 rings (SSSR count). The molecule has 1 atom stereocenters. The first kappa shape index (κ1) is 20.0. The number of para-hydroxylation sites is 1. The van der Waals surface area contributed by atoms with Crippen LogP contribution in [0.3, 0.4) is 0 Å². The zero-order chi connectivity index (χ0) is 20.1. The van der Waals surface area contributed by atoms with Gasteiger partial charge in [-0.25, -0.2) is 0 Å². The normalized spacial score (nSPS) is 16.6. The molecule has 150 valence electrons. The van der Waals surface area contributed by atoms with Gasteiger partial charge in [-0.2, -0.15) is 15.0 Å². The Morgan fingerprint density at radius 3 is 2.57 bits per heavy atom. The van der Waals surface area contributed by atoms with Crippen LogP contribution in [-0.4, -0.2) is 62.9 Å². The molecule has 2 heterocycles. The molecular formula is C19H28N8O. The standard InChI is InChI=1S/C19H28N8O/c1-3-14-6-4-5-7-15(14)22-19-24-16(23-18(21)25-19)12-26-8-10-27(11-9-26)13(2)17(20)28/h4-7,13H,3,8-12H2,1-2H3,(H2,20,28)(H3,21,22,23,24,25). The predicted molar refractivity (Wildman–Crippen MR) is 109 cm³/mol. The maximum Gasteiger partial charge on any atom is 0.234 e. The Bertz CT molecular complexity index is 819. The molecule has 1 aliphatic heterocycles. The van der Waals surface area contributed by atoms with E-state index in [2.05, 4.69) is 43.1 Å². The second kappa shape index (κ2) is 8.94. The van der Waals surface area contributed by atoms with Crippen LogP contribution in [0.15, 0.2) is 24.3 Å². The van der Waals surface area contributed by atoms with Crippen molar-refractivity contribution in [2.75, 3.05) is 37.2 Å². The van der Waals surface area contributed by atoms with Gasteiger partial charge in [0, 0.05) is 31.9 Å². The lowest BCUT2D eigenvalue weighted by atomic mass is 10.1. The summed E-state index contributed by atoms with van der Waals surface area (Å²) in [7, 11) is 0. The Morgan fingerprint density at radius 1 is 1.18 bits per heavy atom. The fourth-order valence-corrected chi connectivity index (χ4v) is 3.32. The number of hydrogen-bond donors (Lipinski definition) is 3. The van der Waals surface area contributed by atoms with Gasteiger partial charge in [0.2, 0.25) is 17.8 Å². The first-order valence-electron chi connectivity index (χ1n) is 9.57.